The molecule has 3 aliphatic heterocycles. The molecular formula is C30H32BrClF3N7O4. The van der Waals surface area contributed by atoms with Gasteiger partial charge in [-0.05, 0) is 71.4 Å². The molecule has 1 aromatic carbocycles. The summed E-state index contributed by atoms with van der Waals surface area (Å²) in [5.41, 5.74) is 2.58. The van der Waals surface area contributed by atoms with E-state index in [1.807, 2.05) is 20.8 Å². The number of aliphatic imine (C=N–C) groups is 1. The van der Waals surface area contributed by atoms with Crippen molar-refractivity contribution in [2.45, 2.75) is 51.3 Å². The Morgan fingerprint density at radius 3 is 2.54 bits per heavy atom. The monoisotopic (exact) mass is 725 g/mol. The standard InChI is InChI=1S/C28H26BrClF3N7O4.C2H6/c1-14-12-27(6-9-38(10-7-27)24(44)21-18(41)3-2-8-34-21)20-22(14)39(26-36-25(29)37-40(26)23(20)43)13-19(42)35-17-5-4-15(11-16(17)30)28(31,32)33;1-2/h2-5,8,11,14,25,37,41H,6-7,9-10,12-13H2,1H3,(H,35,42);1-2H3. The van der Waals surface area contributed by atoms with E-state index in [1.165, 1.54) is 23.3 Å². The molecule has 4 aliphatic rings. The number of halogens is 5. The van der Waals surface area contributed by atoms with Gasteiger partial charge in [-0.15, -0.1) is 0 Å². The number of carbonyl (C=O) groups is 3. The van der Waals surface area contributed by atoms with Gasteiger partial charge in [0.2, 0.25) is 11.9 Å². The number of aromatic nitrogens is 1. The number of nitrogens with zero attached hydrogens (tertiary/aromatic N) is 5. The van der Waals surface area contributed by atoms with E-state index >= 15 is 0 Å². The first-order chi connectivity index (χ1) is 21.8. The highest BCUT2D eigenvalue weighted by atomic mass is 79.9. The van der Waals surface area contributed by atoms with E-state index in [2.05, 4.69) is 36.6 Å². The number of benzene rings is 1. The number of alkyl halides is 4. The molecule has 1 fully saturated rings. The van der Waals surface area contributed by atoms with Crippen molar-refractivity contribution in [1.82, 2.24) is 25.2 Å². The number of rotatable bonds is 4. The van der Waals surface area contributed by atoms with Gasteiger partial charge in [-0.25, -0.2) is 15.0 Å². The fourth-order valence-corrected chi connectivity index (χ4v) is 7.15. The predicted molar refractivity (Wildman–Crippen MR) is 168 cm³/mol. The summed E-state index contributed by atoms with van der Waals surface area (Å²) < 4.78 is 39.2. The van der Waals surface area contributed by atoms with E-state index in [9.17, 15) is 32.7 Å². The highest BCUT2D eigenvalue weighted by Gasteiger charge is 2.56. The molecule has 16 heteroatoms. The van der Waals surface area contributed by atoms with E-state index in [1.54, 1.807) is 9.80 Å². The summed E-state index contributed by atoms with van der Waals surface area (Å²) >= 11 is 9.42. The number of allylic oxidation sites excluding steroid dienone is 1. The van der Waals surface area contributed by atoms with Crippen molar-refractivity contribution in [1.29, 1.82) is 0 Å². The van der Waals surface area contributed by atoms with Gasteiger partial charge in [0, 0.05) is 36.0 Å². The number of guanidine groups is 1. The molecule has 46 heavy (non-hydrogen) atoms. The summed E-state index contributed by atoms with van der Waals surface area (Å²) in [6.45, 7) is 6.33. The lowest BCUT2D eigenvalue weighted by molar-refractivity contribution is -0.137. The van der Waals surface area contributed by atoms with Gasteiger partial charge in [-0.2, -0.15) is 18.6 Å². The quantitative estimate of drug-likeness (QED) is 0.287. The van der Waals surface area contributed by atoms with Crippen molar-refractivity contribution in [3.63, 3.8) is 0 Å². The lowest BCUT2D eigenvalue weighted by atomic mass is 9.71. The van der Waals surface area contributed by atoms with E-state index in [4.69, 9.17) is 11.6 Å². The van der Waals surface area contributed by atoms with Gasteiger partial charge in [0.05, 0.1) is 16.3 Å². The molecule has 2 aromatic rings. The third-order valence-electron chi connectivity index (χ3n) is 8.43. The van der Waals surface area contributed by atoms with Crippen LogP contribution in [0, 0.1) is 11.3 Å². The van der Waals surface area contributed by atoms with Gasteiger partial charge < -0.3 is 20.2 Å². The fraction of sp³-hybridized carbons (Fsp3) is 0.433. The van der Waals surface area contributed by atoms with Crippen LogP contribution in [0.3, 0.4) is 0 Å². The van der Waals surface area contributed by atoms with Crippen molar-refractivity contribution in [2.75, 3.05) is 25.0 Å². The molecule has 1 saturated heterocycles. The summed E-state index contributed by atoms with van der Waals surface area (Å²) in [5, 5.41) is 13.1. The Morgan fingerprint density at radius 1 is 1.22 bits per heavy atom. The topological polar surface area (TPSA) is 130 Å². The molecule has 1 spiro atoms. The summed E-state index contributed by atoms with van der Waals surface area (Å²) in [6, 6.07) is 5.60. The number of carbonyl (C=O) groups excluding carboxylic acids is 3. The molecule has 0 bridgehead atoms. The number of nitrogens with one attached hydrogen (secondary N) is 2. The SMILES string of the molecule is CC.CC1CC2(CCN(C(=O)c3ncccc3O)CC2)C2=C1N(CC(=O)Nc1ccc(C(F)(F)F)cc1Cl)C1=NC(Br)NN1C2=O. The normalized spacial score (nSPS) is 21.9. The van der Waals surface area contributed by atoms with E-state index in [-0.39, 0.29) is 46.5 Å². The van der Waals surface area contributed by atoms with Crippen LogP contribution in [0.2, 0.25) is 5.02 Å². The third-order valence-corrected chi connectivity index (χ3v) is 9.15. The van der Waals surface area contributed by atoms with Gasteiger partial charge in [0.1, 0.15) is 12.3 Å². The van der Waals surface area contributed by atoms with Crippen molar-refractivity contribution >= 4 is 56.9 Å². The Labute approximate surface area is 276 Å². The lowest BCUT2D eigenvalue weighted by Gasteiger charge is -2.43. The molecule has 1 aromatic heterocycles. The average Bonchev–Trinajstić information content (AvgIpc) is 3.54. The first kappa shape index (κ1) is 33.7. The second-order valence-corrected chi connectivity index (χ2v) is 12.4. The number of hydrogen-bond acceptors (Lipinski definition) is 8. The van der Waals surface area contributed by atoms with Crippen molar-refractivity contribution in [3.8, 4) is 5.75 Å². The first-order valence-electron chi connectivity index (χ1n) is 14.7. The number of amides is 3. The first-order valence-corrected chi connectivity index (χ1v) is 16.0. The molecule has 0 radical (unpaired) electrons. The molecule has 3 amide bonds. The van der Waals surface area contributed by atoms with Gasteiger partial charge >= 0.3 is 6.18 Å². The largest absolute Gasteiger partial charge is 0.505 e. The Morgan fingerprint density at radius 2 is 1.91 bits per heavy atom. The summed E-state index contributed by atoms with van der Waals surface area (Å²) in [7, 11) is 0. The maximum atomic E-state index is 14.0. The van der Waals surface area contributed by atoms with Crippen LogP contribution in [0.25, 0.3) is 0 Å². The number of fused-ring (bicyclic) bond motifs is 2. The van der Waals surface area contributed by atoms with Crippen LogP contribution in [0.15, 0.2) is 52.8 Å². The molecule has 4 heterocycles. The minimum absolute atomic E-state index is 0.0144. The number of likely N-dealkylation sites (tertiary alicyclic amines) is 1. The van der Waals surface area contributed by atoms with Gasteiger partial charge in [0.25, 0.3) is 11.8 Å². The Bertz CT molecular complexity index is 1630. The summed E-state index contributed by atoms with van der Waals surface area (Å²) in [4.78, 5) is 52.1. The number of hydrazine groups is 1. The van der Waals surface area contributed by atoms with Gasteiger partial charge in [0.15, 0.2) is 10.8 Å². The average molecular weight is 727 g/mol. The van der Waals surface area contributed by atoms with Crippen molar-refractivity contribution < 1.29 is 32.7 Å². The molecule has 11 nitrogen and oxygen atoms in total. The van der Waals surface area contributed by atoms with Crippen LogP contribution in [0.4, 0.5) is 18.9 Å². The van der Waals surface area contributed by atoms with Crippen LogP contribution in [-0.2, 0) is 15.8 Å². The van der Waals surface area contributed by atoms with Crippen LogP contribution >= 0.6 is 27.5 Å². The summed E-state index contributed by atoms with van der Waals surface area (Å²) in [6.07, 6.45) is -1.61. The van der Waals surface area contributed by atoms with Crippen LogP contribution < -0.4 is 10.7 Å². The molecule has 1 aliphatic carbocycles. The smallest absolute Gasteiger partial charge is 0.416 e. The minimum atomic E-state index is -4.59. The number of aromatic hydroxyl groups is 1. The highest BCUT2D eigenvalue weighted by molar-refractivity contribution is 9.09. The minimum Gasteiger partial charge on any atom is -0.505 e. The molecule has 6 rings (SSSR count). The van der Waals surface area contributed by atoms with E-state index in [0.717, 1.165) is 18.2 Å². The number of piperidine rings is 1. The van der Waals surface area contributed by atoms with E-state index in [0.29, 0.717) is 43.6 Å². The van der Waals surface area contributed by atoms with Crippen LogP contribution in [0.1, 0.15) is 56.1 Å². The maximum absolute atomic E-state index is 14.0. The molecule has 2 atom stereocenters. The fourth-order valence-electron chi connectivity index (χ4n) is 6.54. The molecule has 3 N–H and O–H groups in total. The summed E-state index contributed by atoms with van der Waals surface area (Å²) in [5.74, 6) is -1.41. The van der Waals surface area contributed by atoms with Crippen LogP contribution in [-0.4, -0.2) is 73.3 Å². The van der Waals surface area contributed by atoms with Gasteiger partial charge in [-0.3, -0.25) is 14.4 Å². The van der Waals surface area contributed by atoms with E-state index < -0.39 is 34.0 Å². The molecular weight excluding hydrogens is 695 g/mol. The Kier molecular flexibility index (Phi) is 9.40. The Balaban J connectivity index is 0.00000204. The number of hydrogen-bond donors (Lipinski definition) is 3. The van der Waals surface area contributed by atoms with Gasteiger partial charge in [-0.1, -0.05) is 32.4 Å². The maximum Gasteiger partial charge on any atom is 0.416 e. The lowest BCUT2D eigenvalue weighted by Crippen LogP contribution is -2.57. The molecule has 246 valence electrons. The molecule has 0 saturated carbocycles. The number of anilines is 1. The highest BCUT2D eigenvalue weighted by Crippen LogP contribution is 2.55. The zero-order chi connectivity index (χ0) is 33.6. The predicted octanol–water partition coefficient (Wildman–Crippen LogP) is 5.34. The second-order valence-electron chi connectivity index (χ2n) is 11.2. The second kappa shape index (κ2) is 12.8. The third kappa shape index (κ3) is 6.07. The number of pyridine rings is 1. The van der Waals surface area contributed by atoms with Crippen molar-refractivity contribution in [2.24, 2.45) is 16.3 Å². The Hall–Kier alpha value is -3.69. The van der Waals surface area contributed by atoms with Crippen LogP contribution in [0.5, 0.6) is 5.75 Å². The zero-order valence-corrected chi connectivity index (χ0v) is 27.5. The molecule has 2 unspecified atom stereocenters. The zero-order valence-electron chi connectivity index (χ0n) is 25.2. The van der Waals surface area contributed by atoms with Crippen molar-refractivity contribution in [3.05, 3.63) is 64.1 Å².